The molecule has 0 fully saturated rings. The normalized spacial score (nSPS) is 13.0. The minimum Gasteiger partial charge on any atom is -0.457 e. The molecule has 0 heterocycles. The van der Waals surface area contributed by atoms with Gasteiger partial charge in [-0.2, -0.15) is 0 Å². The topological polar surface area (TPSA) is 69.4 Å². The first kappa shape index (κ1) is 16.0. The van der Waals surface area contributed by atoms with Crippen molar-refractivity contribution < 1.29 is 13.2 Å². The van der Waals surface area contributed by atoms with Gasteiger partial charge in [-0.15, -0.1) is 0 Å². The third-order valence-corrected chi connectivity index (χ3v) is 4.53. The first-order valence-electron chi connectivity index (χ1n) is 6.30. The van der Waals surface area contributed by atoms with Crippen LogP contribution in [0.5, 0.6) is 11.5 Å². The highest BCUT2D eigenvalue weighted by Gasteiger charge is 2.12. The van der Waals surface area contributed by atoms with Crippen LogP contribution in [0.4, 0.5) is 0 Å². The second-order valence-corrected chi connectivity index (χ2v) is 7.75. The monoisotopic (exact) mass is 369 g/mol. The second kappa shape index (κ2) is 6.17. The Morgan fingerprint density at radius 3 is 2.52 bits per heavy atom. The summed E-state index contributed by atoms with van der Waals surface area (Å²) in [6.45, 7) is 1.86. The van der Waals surface area contributed by atoms with Crippen LogP contribution in [0.1, 0.15) is 18.5 Å². The fourth-order valence-corrected chi connectivity index (χ4v) is 2.86. The first-order chi connectivity index (χ1) is 9.77. The molecule has 0 aliphatic carbocycles. The van der Waals surface area contributed by atoms with E-state index in [1.54, 1.807) is 12.1 Å². The molecule has 0 aliphatic rings. The van der Waals surface area contributed by atoms with Crippen molar-refractivity contribution in [1.82, 2.24) is 0 Å². The number of benzene rings is 2. The molecule has 0 saturated carbocycles. The van der Waals surface area contributed by atoms with Gasteiger partial charge in [0.2, 0.25) is 0 Å². The molecule has 2 N–H and O–H groups in total. The van der Waals surface area contributed by atoms with Crippen LogP contribution >= 0.6 is 15.9 Å². The van der Waals surface area contributed by atoms with E-state index in [0.29, 0.717) is 11.5 Å². The zero-order chi connectivity index (χ0) is 15.6. The van der Waals surface area contributed by atoms with Crippen LogP contribution in [0, 0.1) is 0 Å². The number of nitrogens with two attached hydrogens (primary N) is 1. The second-order valence-electron chi connectivity index (χ2n) is 4.82. The molecule has 4 nitrogen and oxygen atoms in total. The van der Waals surface area contributed by atoms with E-state index < -0.39 is 9.84 Å². The molecule has 2 aromatic carbocycles. The molecule has 0 aromatic heterocycles. The average Bonchev–Trinajstić information content (AvgIpc) is 2.37. The summed E-state index contributed by atoms with van der Waals surface area (Å²) in [4.78, 5) is 0.220. The summed E-state index contributed by atoms with van der Waals surface area (Å²) in [7, 11) is -3.27. The molecule has 6 heteroatoms. The van der Waals surface area contributed by atoms with E-state index in [2.05, 4.69) is 15.9 Å². The van der Waals surface area contributed by atoms with Crippen molar-refractivity contribution in [2.75, 3.05) is 6.26 Å². The molecule has 1 unspecified atom stereocenters. The summed E-state index contributed by atoms with van der Waals surface area (Å²) in [5, 5.41) is 0. The molecule has 0 bridgehead atoms. The third kappa shape index (κ3) is 4.06. The minimum atomic E-state index is -3.27. The van der Waals surface area contributed by atoms with Crippen molar-refractivity contribution in [2.24, 2.45) is 5.73 Å². The first-order valence-corrected chi connectivity index (χ1v) is 8.99. The Bertz CT molecular complexity index is 757. The molecule has 2 rings (SSSR count). The van der Waals surface area contributed by atoms with E-state index in [-0.39, 0.29) is 10.9 Å². The van der Waals surface area contributed by atoms with Gasteiger partial charge < -0.3 is 10.5 Å². The SMILES string of the molecule is CC(N)c1ccc(Br)cc1Oc1cccc(S(C)(=O)=O)c1. The summed E-state index contributed by atoms with van der Waals surface area (Å²) in [6.07, 6.45) is 1.17. The van der Waals surface area contributed by atoms with Crippen LogP contribution in [-0.2, 0) is 9.84 Å². The molecule has 112 valence electrons. The molecule has 1 atom stereocenters. The maximum Gasteiger partial charge on any atom is 0.175 e. The van der Waals surface area contributed by atoms with Gasteiger partial charge >= 0.3 is 0 Å². The smallest absolute Gasteiger partial charge is 0.175 e. The third-order valence-electron chi connectivity index (χ3n) is 2.93. The van der Waals surface area contributed by atoms with Gasteiger partial charge in [0.25, 0.3) is 0 Å². The molecular formula is C15H16BrNO3S. The number of hydrogen-bond donors (Lipinski definition) is 1. The molecule has 0 aliphatic heterocycles. The quantitative estimate of drug-likeness (QED) is 0.892. The van der Waals surface area contributed by atoms with Gasteiger partial charge in [0.1, 0.15) is 11.5 Å². The summed E-state index contributed by atoms with van der Waals surface area (Å²) in [6, 6.07) is 11.8. The zero-order valence-electron chi connectivity index (χ0n) is 11.7. The van der Waals surface area contributed by atoms with Gasteiger partial charge in [-0.25, -0.2) is 8.42 Å². The Balaban J connectivity index is 2.41. The van der Waals surface area contributed by atoms with Crippen molar-refractivity contribution in [3.8, 4) is 11.5 Å². The number of hydrogen-bond acceptors (Lipinski definition) is 4. The van der Waals surface area contributed by atoms with Crippen molar-refractivity contribution in [1.29, 1.82) is 0 Å². The molecule has 0 radical (unpaired) electrons. The average molecular weight is 370 g/mol. The highest BCUT2D eigenvalue weighted by atomic mass is 79.9. The largest absolute Gasteiger partial charge is 0.457 e. The molecule has 2 aromatic rings. The lowest BCUT2D eigenvalue weighted by atomic mass is 10.1. The van der Waals surface area contributed by atoms with Gasteiger partial charge in [-0.05, 0) is 37.3 Å². The lowest BCUT2D eigenvalue weighted by Gasteiger charge is -2.14. The van der Waals surface area contributed by atoms with E-state index in [1.165, 1.54) is 18.4 Å². The van der Waals surface area contributed by atoms with Crippen LogP contribution in [0.3, 0.4) is 0 Å². The van der Waals surface area contributed by atoms with E-state index in [4.69, 9.17) is 10.5 Å². The van der Waals surface area contributed by atoms with Gasteiger partial charge in [-0.3, -0.25) is 0 Å². The fourth-order valence-electron chi connectivity index (χ4n) is 1.87. The van der Waals surface area contributed by atoms with Crippen LogP contribution in [0.15, 0.2) is 51.8 Å². The summed E-state index contributed by atoms with van der Waals surface area (Å²) >= 11 is 3.39. The summed E-state index contributed by atoms with van der Waals surface area (Å²) in [5.41, 5.74) is 6.78. The maximum atomic E-state index is 11.6. The van der Waals surface area contributed by atoms with E-state index in [1.807, 2.05) is 25.1 Å². The number of ether oxygens (including phenoxy) is 1. The number of halogens is 1. The van der Waals surface area contributed by atoms with Crippen molar-refractivity contribution in [3.63, 3.8) is 0 Å². The molecule has 21 heavy (non-hydrogen) atoms. The van der Waals surface area contributed by atoms with E-state index in [9.17, 15) is 8.42 Å². The lowest BCUT2D eigenvalue weighted by molar-refractivity contribution is 0.470. The van der Waals surface area contributed by atoms with E-state index in [0.717, 1.165) is 10.0 Å². The molecule has 0 amide bonds. The molecule has 0 saturated heterocycles. The van der Waals surface area contributed by atoms with Crippen molar-refractivity contribution in [3.05, 3.63) is 52.5 Å². The Morgan fingerprint density at radius 1 is 1.19 bits per heavy atom. The van der Waals surface area contributed by atoms with E-state index >= 15 is 0 Å². The maximum absolute atomic E-state index is 11.6. The Morgan fingerprint density at radius 2 is 1.90 bits per heavy atom. The summed E-state index contributed by atoms with van der Waals surface area (Å²) < 4.78 is 29.8. The van der Waals surface area contributed by atoms with Crippen LogP contribution in [-0.4, -0.2) is 14.7 Å². The number of rotatable bonds is 4. The van der Waals surface area contributed by atoms with Crippen molar-refractivity contribution >= 4 is 25.8 Å². The van der Waals surface area contributed by atoms with Crippen molar-refractivity contribution in [2.45, 2.75) is 17.9 Å². The predicted molar refractivity (Wildman–Crippen MR) is 86.4 cm³/mol. The van der Waals surface area contributed by atoms with Gasteiger partial charge in [-0.1, -0.05) is 28.1 Å². The van der Waals surface area contributed by atoms with Crippen LogP contribution < -0.4 is 10.5 Å². The summed E-state index contributed by atoms with van der Waals surface area (Å²) in [5.74, 6) is 1.06. The molecule has 0 spiro atoms. The Kier molecular flexibility index (Phi) is 4.70. The predicted octanol–water partition coefficient (Wildman–Crippen LogP) is 3.66. The standard InChI is InChI=1S/C15H16BrNO3S/c1-10(17)14-7-6-11(16)8-15(14)20-12-4-3-5-13(9-12)21(2,18)19/h3-10H,17H2,1-2H3. The minimum absolute atomic E-state index is 0.189. The highest BCUT2D eigenvalue weighted by molar-refractivity contribution is 9.10. The Labute approximate surface area is 133 Å². The van der Waals surface area contributed by atoms with Crippen LogP contribution in [0.25, 0.3) is 0 Å². The van der Waals surface area contributed by atoms with Gasteiger partial charge in [0, 0.05) is 22.3 Å². The Hall–Kier alpha value is -1.37. The van der Waals surface area contributed by atoms with Gasteiger partial charge in [0.15, 0.2) is 9.84 Å². The number of sulfone groups is 1. The molecular weight excluding hydrogens is 354 g/mol. The highest BCUT2D eigenvalue weighted by Crippen LogP contribution is 2.32. The van der Waals surface area contributed by atoms with Gasteiger partial charge in [0.05, 0.1) is 4.90 Å². The zero-order valence-corrected chi connectivity index (χ0v) is 14.1. The fraction of sp³-hybridized carbons (Fsp3) is 0.200. The lowest BCUT2D eigenvalue weighted by Crippen LogP contribution is -2.06. The van der Waals surface area contributed by atoms with Crippen LogP contribution in [0.2, 0.25) is 0 Å².